The van der Waals surface area contributed by atoms with E-state index in [1.54, 1.807) is 12.1 Å². The molecule has 126 valence electrons. The van der Waals surface area contributed by atoms with Crippen molar-refractivity contribution in [3.05, 3.63) is 60.4 Å². The zero-order valence-corrected chi connectivity index (χ0v) is 17.1. The maximum Gasteiger partial charge on any atom is 0.236 e. The van der Waals surface area contributed by atoms with Crippen molar-refractivity contribution in [1.82, 2.24) is 5.43 Å². The Balaban J connectivity index is 2.13. The van der Waals surface area contributed by atoms with Crippen LogP contribution in [-0.4, -0.2) is 12.1 Å². The molecule has 0 aliphatic rings. The topological polar surface area (TPSA) is 50.7 Å². The lowest BCUT2D eigenvalue weighted by atomic mass is 10.2. The van der Waals surface area contributed by atoms with E-state index in [-0.39, 0.29) is 5.91 Å². The average molecular weight is 495 g/mol. The Kier molecular flexibility index (Phi) is 7.10. The van der Waals surface area contributed by atoms with E-state index < -0.39 is 0 Å². The third-order valence-electron chi connectivity index (χ3n) is 2.84. The van der Waals surface area contributed by atoms with E-state index in [4.69, 9.17) is 27.9 Å². The molecule has 0 heterocycles. The zero-order valence-electron chi connectivity index (χ0n) is 12.4. The van der Waals surface area contributed by atoms with Crippen molar-refractivity contribution in [2.24, 2.45) is 5.10 Å². The van der Waals surface area contributed by atoms with Gasteiger partial charge in [0.25, 0.3) is 0 Å². The summed E-state index contributed by atoms with van der Waals surface area (Å²) in [6, 6.07) is 8.91. The minimum atomic E-state index is -0.232. The van der Waals surface area contributed by atoms with E-state index in [1.165, 1.54) is 13.1 Å². The highest BCUT2D eigenvalue weighted by Gasteiger charge is 2.10. The Morgan fingerprint density at radius 3 is 2.50 bits per heavy atom. The molecule has 0 saturated carbocycles. The highest BCUT2D eigenvalue weighted by atomic mass is 79.9. The fraction of sp³-hybridized carbons (Fsp3) is 0.125. The summed E-state index contributed by atoms with van der Waals surface area (Å²) >= 11 is 19.0. The van der Waals surface area contributed by atoms with Crippen LogP contribution in [0.25, 0.3) is 0 Å². The number of benzene rings is 2. The number of hydrazone groups is 1. The summed E-state index contributed by atoms with van der Waals surface area (Å²) in [5.41, 5.74) is 3.97. The van der Waals surface area contributed by atoms with Gasteiger partial charge in [0.15, 0.2) is 0 Å². The normalized spacial score (nSPS) is 10.9. The van der Waals surface area contributed by atoms with Gasteiger partial charge >= 0.3 is 0 Å². The number of hydrogen-bond acceptors (Lipinski definition) is 3. The third kappa shape index (κ3) is 5.48. The molecule has 0 unspecified atom stereocenters. The molecule has 2 rings (SSSR count). The van der Waals surface area contributed by atoms with Crippen LogP contribution in [0.15, 0.2) is 44.4 Å². The monoisotopic (exact) mass is 492 g/mol. The number of carbonyl (C=O) groups excluding carboxylic acids is 1. The number of nitrogens with one attached hydrogen (secondary N) is 1. The highest BCUT2D eigenvalue weighted by Crippen LogP contribution is 2.35. The van der Waals surface area contributed by atoms with Crippen LogP contribution in [0.5, 0.6) is 5.75 Å². The summed E-state index contributed by atoms with van der Waals surface area (Å²) in [6.07, 6.45) is 1.54. The molecule has 24 heavy (non-hydrogen) atoms. The van der Waals surface area contributed by atoms with Crippen molar-refractivity contribution in [3.63, 3.8) is 0 Å². The van der Waals surface area contributed by atoms with Gasteiger partial charge in [0.2, 0.25) is 5.91 Å². The Bertz CT molecular complexity index is 775. The Labute approximate surface area is 166 Å². The van der Waals surface area contributed by atoms with Gasteiger partial charge in [-0.2, -0.15) is 5.10 Å². The summed E-state index contributed by atoms with van der Waals surface area (Å²) in [4.78, 5) is 10.8. The van der Waals surface area contributed by atoms with E-state index in [0.717, 1.165) is 20.1 Å². The minimum Gasteiger partial charge on any atom is -0.486 e. The van der Waals surface area contributed by atoms with Gasteiger partial charge < -0.3 is 4.74 Å². The van der Waals surface area contributed by atoms with Crippen LogP contribution < -0.4 is 10.2 Å². The van der Waals surface area contributed by atoms with Crippen LogP contribution in [0.2, 0.25) is 10.0 Å². The fourth-order valence-electron chi connectivity index (χ4n) is 1.78. The van der Waals surface area contributed by atoms with Gasteiger partial charge in [-0.1, -0.05) is 29.3 Å². The molecule has 8 heteroatoms. The van der Waals surface area contributed by atoms with Gasteiger partial charge in [-0.3, -0.25) is 4.79 Å². The molecule has 4 nitrogen and oxygen atoms in total. The van der Waals surface area contributed by atoms with Crippen LogP contribution in [0, 0.1) is 0 Å². The molecule has 0 spiro atoms. The second kappa shape index (κ2) is 8.85. The number of carbonyl (C=O) groups is 1. The molecule has 0 aliphatic heterocycles. The third-order valence-corrected chi connectivity index (χ3v) is 4.61. The molecule has 2 aromatic rings. The van der Waals surface area contributed by atoms with Crippen LogP contribution in [-0.2, 0) is 11.4 Å². The van der Waals surface area contributed by atoms with Gasteiger partial charge in [0.05, 0.1) is 15.2 Å². The summed E-state index contributed by atoms with van der Waals surface area (Å²) in [5, 5.41) is 4.96. The van der Waals surface area contributed by atoms with Crippen molar-refractivity contribution in [2.45, 2.75) is 13.5 Å². The molecule has 0 aromatic heterocycles. The SMILES string of the molecule is CC(=O)N/N=C\c1cc(Br)c(OCc2ccc(Cl)cc2Cl)c(Br)c1. The van der Waals surface area contributed by atoms with E-state index in [2.05, 4.69) is 42.4 Å². The fourth-order valence-corrected chi connectivity index (χ4v) is 3.69. The lowest BCUT2D eigenvalue weighted by Crippen LogP contribution is -2.12. The zero-order chi connectivity index (χ0) is 17.7. The van der Waals surface area contributed by atoms with E-state index in [1.807, 2.05) is 18.2 Å². The first kappa shape index (κ1) is 19.2. The standard InChI is InChI=1S/C16H12Br2Cl2N2O2/c1-9(23)22-21-7-10-4-13(17)16(14(18)5-10)24-8-11-2-3-12(19)6-15(11)20/h2-7H,8H2,1H3,(H,22,23)/b21-7-. The molecule has 0 saturated heterocycles. The highest BCUT2D eigenvalue weighted by molar-refractivity contribution is 9.11. The van der Waals surface area contributed by atoms with Gasteiger partial charge in [-0.25, -0.2) is 5.43 Å². The number of rotatable bonds is 5. The Morgan fingerprint density at radius 2 is 1.92 bits per heavy atom. The predicted molar refractivity (Wildman–Crippen MR) is 104 cm³/mol. The maximum absolute atomic E-state index is 10.8. The van der Waals surface area contributed by atoms with Crippen molar-refractivity contribution in [1.29, 1.82) is 0 Å². The molecule has 1 amide bonds. The number of amides is 1. The van der Waals surface area contributed by atoms with Crippen molar-refractivity contribution >= 4 is 67.2 Å². The van der Waals surface area contributed by atoms with Gasteiger partial charge in [0, 0.05) is 22.5 Å². The van der Waals surface area contributed by atoms with Crippen molar-refractivity contribution in [2.75, 3.05) is 0 Å². The maximum atomic E-state index is 10.8. The first-order valence-corrected chi connectivity index (χ1v) is 9.06. The Hall–Kier alpha value is -1.08. The van der Waals surface area contributed by atoms with Crippen LogP contribution in [0.4, 0.5) is 0 Å². The molecule has 2 aromatic carbocycles. The smallest absolute Gasteiger partial charge is 0.236 e. The summed E-state index contributed by atoms with van der Waals surface area (Å²) < 4.78 is 7.32. The summed E-state index contributed by atoms with van der Waals surface area (Å²) in [7, 11) is 0. The number of halogens is 4. The van der Waals surface area contributed by atoms with E-state index >= 15 is 0 Å². The number of ether oxygens (including phenoxy) is 1. The second-order valence-corrected chi connectivity index (χ2v) is 7.32. The first-order valence-electron chi connectivity index (χ1n) is 6.72. The van der Waals surface area contributed by atoms with Gasteiger partial charge in [-0.05, 0) is 61.7 Å². The summed E-state index contributed by atoms with van der Waals surface area (Å²) in [6.45, 7) is 1.69. The molecular formula is C16H12Br2Cl2N2O2. The van der Waals surface area contributed by atoms with Crippen LogP contribution >= 0.6 is 55.1 Å². The molecule has 1 N–H and O–H groups in total. The molecule has 0 fully saturated rings. The Morgan fingerprint density at radius 1 is 1.25 bits per heavy atom. The average Bonchev–Trinajstić information content (AvgIpc) is 2.48. The van der Waals surface area contributed by atoms with E-state index in [0.29, 0.717) is 22.4 Å². The largest absolute Gasteiger partial charge is 0.486 e. The second-order valence-electron chi connectivity index (χ2n) is 4.76. The molecule has 0 aliphatic carbocycles. The van der Waals surface area contributed by atoms with Crippen molar-refractivity contribution in [3.8, 4) is 5.75 Å². The van der Waals surface area contributed by atoms with Gasteiger partial charge in [0.1, 0.15) is 12.4 Å². The summed E-state index contributed by atoms with van der Waals surface area (Å²) in [5.74, 6) is 0.405. The minimum absolute atomic E-state index is 0.232. The number of nitrogens with zero attached hydrogens (tertiary/aromatic N) is 1. The quantitative estimate of drug-likeness (QED) is 0.436. The lowest BCUT2D eigenvalue weighted by molar-refractivity contribution is -0.118. The van der Waals surface area contributed by atoms with Crippen LogP contribution in [0.1, 0.15) is 18.1 Å². The molecule has 0 bridgehead atoms. The molecule has 0 atom stereocenters. The van der Waals surface area contributed by atoms with E-state index in [9.17, 15) is 4.79 Å². The molecule has 0 radical (unpaired) electrons. The molecular weight excluding hydrogens is 483 g/mol. The lowest BCUT2D eigenvalue weighted by Gasteiger charge is -2.12. The van der Waals surface area contributed by atoms with Crippen molar-refractivity contribution < 1.29 is 9.53 Å². The first-order chi connectivity index (χ1) is 11.4. The number of hydrogen-bond donors (Lipinski definition) is 1. The van der Waals surface area contributed by atoms with Crippen LogP contribution in [0.3, 0.4) is 0 Å². The predicted octanol–water partition coefficient (Wildman–Crippen LogP) is 5.57. The van der Waals surface area contributed by atoms with Gasteiger partial charge in [-0.15, -0.1) is 0 Å².